The second-order valence-electron chi connectivity index (χ2n) is 7.28. The number of nitrogens with zero attached hydrogens (tertiary/aromatic N) is 5. The first-order chi connectivity index (χ1) is 12.0. The van der Waals surface area contributed by atoms with Crippen molar-refractivity contribution in [3.63, 3.8) is 0 Å². The summed E-state index contributed by atoms with van der Waals surface area (Å²) in [6, 6.07) is 0.578. The number of likely N-dealkylation sites (tertiary alicyclic amines) is 1. The van der Waals surface area contributed by atoms with Gasteiger partial charge in [-0.05, 0) is 33.1 Å². The minimum Gasteiger partial charge on any atom is -0.343 e. The van der Waals surface area contributed by atoms with Crippen LogP contribution in [0.25, 0.3) is 0 Å². The minimum atomic E-state index is -0.385. The summed E-state index contributed by atoms with van der Waals surface area (Å²) in [5, 5.41) is 14.9. The van der Waals surface area contributed by atoms with Crippen molar-refractivity contribution in [2.75, 3.05) is 13.1 Å². The van der Waals surface area contributed by atoms with Crippen LogP contribution in [-0.4, -0.2) is 43.6 Å². The number of carbonyl (C=O) groups excluding carboxylic acids is 1. The largest absolute Gasteiger partial charge is 0.343 e. The van der Waals surface area contributed by atoms with Crippen LogP contribution in [-0.2, 0) is 16.9 Å². The number of carbonyl (C=O) groups is 1. The van der Waals surface area contributed by atoms with Gasteiger partial charge < -0.3 is 9.88 Å². The van der Waals surface area contributed by atoms with Gasteiger partial charge in [0.25, 0.3) is 0 Å². The van der Waals surface area contributed by atoms with Gasteiger partial charge >= 0.3 is 0 Å². The predicted octanol–water partition coefficient (Wildman–Crippen LogP) is 1.92. The van der Waals surface area contributed by atoms with Crippen LogP contribution in [0.1, 0.15) is 54.6 Å². The summed E-state index contributed by atoms with van der Waals surface area (Å²) in [5.74, 6) is 2.03. The molecule has 0 bridgehead atoms. The van der Waals surface area contributed by atoms with Crippen LogP contribution in [0.4, 0.5) is 0 Å². The zero-order valence-corrected chi connectivity index (χ0v) is 15.8. The highest BCUT2D eigenvalue weighted by molar-refractivity contribution is 7.09. The number of hydrogen-bond acceptors (Lipinski definition) is 6. The maximum Gasteiger partial charge on any atom is 0.217 e. The van der Waals surface area contributed by atoms with Gasteiger partial charge in [0.1, 0.15) is 22.2 Å². The van der Waals surface area contributed by atoms with E-state index in [0.717, 1.165) is 48.4 Å². The summed E-state index contributed by atoms with van der Waals surface area (Å²) in [6.45, 7) is 8.04. The Morgan fingerprint density at radius 2 is 2.20 bits per heavy atom. The lowest BCUT2D eigenvalue weighted by atomic mass is 9.99. The third kappa shape index (κ3) is 3.20. The van der Waals surface area contributed by atoms with Gasteiger partial charge in [0.05, 0.1) is 6.54 Å². The third-order valence-electron chi connectivity index (χ3n) is 5.01. The van der Waals surface area contributed by atoms with Gasteiger partial charge in [-0.1, -0.05) is 0 Å². The van der Waals surface area contributed by atoms with E-state index in [1.807, 2.05) is 13.8 Å². The van der Waals surface area contributed by atoms with Crippen LogP contribution in [0.15, 0.2) is 5.38 Å². The SMILES string of the molecule is CC(=O)NC1(c2nc(C)cs2)CCN(Cc2nnc(C)n2C2CC2)C1. The normalized spacial score (nSPS) is 24.0. The summed E-state index contributed by atoms with van der Waals surface area (Å²) in [5.41, 5.74) is 0.622. The molecule has 2 aromatic heterocycles. The highest BCUT2D eigenvalue weighted by Crippen LogP contribution is 2.38. The van der Waals surface area contributed by atoms with Crippen molar-refractivity contribution in [3.05, 3.63) is 27.7 Å². The molecule has 8 heteroatoms. The number of aryl methyl sites for hydroxylation is 2. The Labute approximate surface area is 151 Å². The Hall–Kier alpha value is -1.80. The topological polar surface area (TPSA) is 75.9 Å². The minimum absolute atomic E-state index is 0.00769. The fourth-order valence-corrected chi connectivity index (χ4v) is 4.77. The molecule has 4 rings (SSSR count). The molecule has 1 saturated carbocycles. The molecule has 2 fully saturated rings. The van der Waals surface area contributed by atoms with Crippen LogP contribution < -0.4 is 5.32 Å². The lowest BCUT2D eigenvalue weighted by Crippen LogP contribution is -2.47. The van der Waals surface area contributed by atoms with Crippen molar-refractivity contribution in [1.82, 2.24) is 30.0 Å². The Bertz CT molecular complexity index is 795. The first-order valence-corrected chi connectivity index (χ1v) is 9.69. The van der Waals surface area contributed by atoms with E-state index in [1.165, 1.54) is 12.8 Å². The zero-order chi connectivity index (χ0) is 17.6. The molecule has 1 N–H and O–H groups in total. The van der Waals surface area contributed by atoms with E-state index in [4.69, 9.17) is 0 Å². The molecule has 1 saturated heterocycles. The number of aromatic nitrogens is 4. The Balaban J connectivity index is 1.55. The fourth-order valence-electron chi connectivity index (χ4n) is 3.79. The van der Waals surface area contributed by atoms with E-state index < -0.39 is 0 Å². The van der Waals surface area contributed by atoms with E-state index in [9.17, 15) is 4.79 Å². The number of thiazole rings is 1. The summed E-state index contributed by atoms with van der Waals surface area (Å²) in [6.07, 6.45) is 3.32. The van der Waals surface area contributed by atoms with Gasteiger partial charge in [0, 0.05) is 37.1 Å². The fraction of sp³-hybridized carbons (Fsp3) is 0.647. The molecule has 1 aliphatic heterocycles. The summed E-state index contributed by atoms with van der Waals surface area (Å²) in [4.78, 5) is 18.8. The summed E-state index contributed by atoms with van der Waals surface area (Å²) in [7, 11) is 0. The smallest absolute Gasteiger partial charge is 0.217 e. The Morgan fingerprint density at radius 1 is 1.40 bits per heavy atom. The van der Waals surface area contributed by atoms with E-state index in [1.54, 1.807) is 18.3 Å². The van der Waals surface area contributed by atoms with Crippen LogP contribution in [0.3, 0.4) is 0 Å². The standard InChI is InChI=1S/C17H24N6OS/c1-11-9-25-16(18-11)17(19-13(3)24)6-7-22(10-17)8-15-21-20-12(2)23(15)14-4-5-14/h9,14H,4-8,10H2,1-3H3,(H,19,24). The van der Waals surface area contributed by atoms with Crippen LogP contribution in [0.2, 0.25) is 0 Å². The molecular formula is C17H24N6OS. The molecule has 0 spiro atoms. The number of amides is 1. The monoisotopic (exact) mass is 360 g/mol. The first kappa shape index (κ1) is 16.7. The van der Waals surface area contributed by atoms with Gasteiger partial charge in [0.15, 0.2) is 0 Å². The van der Waals surface area contributed by atoms with Gasteiger partial charge in [-0.15, -0.1) is 21.5 Å². The van der Waals surface area contributed by atoms with Crippen LogP contribution in [0, 0.1) is 13.8 Å². The second kappa shape index (κ2) is 6.17. The molecule has 7 nitrogen and oxygen atoms in total. The third-order valence-corrected chi connectivity index (χ3v) is 6.17. The lowest BCUT2D eigenvalue weighted by molar-refractivity contribution is -0.120. The highest BCUT2D eigenvalue weighted by atomic mass is 32.1. The van der Waals surface area contributed by atoms with Crippen molar-refractivity contribution >= 4 is 17.2 Å². The highest BCUT2D eigenvalue weighted by Gasteiger charge is 2.43. The first-order valence-electron chi connectivity index (χ1n) is 8.81. The molecule has 0 aromatic carbocycles. The molecule has 25 heavy (non-hydrogen) atoms. The molecule has 0 radical (unpaired) electrons. The number of rotatable bonds is 5. The van der Waals surface area contributed by atoms with Crippen molar-refractivity contribution in [3.8, 4) is 0 Å². The number of hydrogen-bond donors (Lipinski definition) is 1. The van der Waals surface area contributed by atoms with E-state index in [-0.39, 0.29) is 11.4 Å². The maximum atomic E-state index is 11.8. The van der Waals surface area contributed by atoms with E-state index in [0.29, 0.717) is 6.04 Å². The quantitative estimate of drug-likeness (QED) is 0.882. The molecule has 1 amide bonds. The molecule has 1 atom stereocenters. The van der Waals surface area contributed by atoms with Gasteiger partial charge in [0.2, 0.25) is 5.91 Å². The maximum absolute atomic E-state index is 11.8. The van der Waals surface area contributed by atoms with E-state index >= 15 is 0 Å². The van der Waals surface area contributed by atoms with Crippen molar-refractivity contribution < 1.29 is 4.79 Å². The molecule has 134 valence electrons. The van der Waals surface area contributed by atoms with E-state index in [2.05, 4.69) is 35.3 Å². The summed E-state index contributed by atoms with van der Waals surface area (Å²) < 4.78 is 2.28. The average Bonchev–Trinajstić information content (AvgIpc) is 2.96. The number of nitrogens with one attached hydrogen (secondary N) is 1. The molecule has 3 heterocycles. The summed E-state index contributed by atoms with van der Waals surface area (Å²) >= 11 is 1.63. The second-order valence-corrected chi connectivity index (χ2v) is 8.14. The van der Waals surface area contributed by atoms with Gasteiger partial charge in [-0.2, -0.15) is 0 Å². The van der Waals surface area contributed by atoms with Crippen LogP contribution >= 0.6 is 11.3 Å². The Morgan fingerprint density at radius 3 is 2.84 bits per heavy atom. The molecular weight excluding hydrogens is 336 g/mol. The van der Waals surface area contributed by atoms with Crippen molar-refractivity contribution in [2.45, 2.75) is 58.2 Å². The van der Waals surface area contributed by atoms with Crippen LogP contribution in [0.5, 0.6) is 0 Å². The van der Waals surface area contributed by atoms with Crippen molar-refractivity contribution in [2.24, 2.45) is 0 Å². The molecule has 1 aliphatic carbocycles. The van der Waals surface area contributed by atoms with Crippen molar-refractivity contribution in [1.29, 1.82) is 0 Å². The molecule has 2 aliphatic rings. The van der Waals surface area contributed by atoms with Gasteiger partial charge in [-0.25, -0.2) is 4.98 Å². The zero-order valence-electron chi connectivity index (χ0n) is 14.9. The Kier molecular flexibility index (Phi) is 4.11. The molecule has 1 unspecified atom stereocenters. The lowest BCUT2D eigenvalue weighted by Gasteiger charge is -2.28. The average molecular weight is 360 g/mol. The van der Waals surface area contributed by atoms with Gasteiger partial charge in [-0.3, -0.25) is 9.69 Å². The predicted molar refractivity (Wildman–Crippen MR) is 95.3 cm³/mol. The molecule has 2 aromatic rings.